The molecular weight excluding hydrogens is 234 g/mol. The van der Waals surface area contributed by atoms with Crippen molar-refractivity contribution in [3.8, 4) is 6.07 Å². The second-order valence-corrected chi connectivity index (χ2v) is 4.64. The highest BCUT2D eigenvalue weighted by Gasteiger charge is 2.10. The maximum absolute atomic E-state index is 8.65. The molecule has 2 aromatic rings. The summed E-state index contributed by atoms with van der Waals surface area (Å²) in [6, 6.07) is 6.05. The molecule has 0 radical (unpaired) electrons. The third-order valence-electron chi connectivity index (χ3n) is 2.02. The van der Waals surface area contributed by atoms with Gasteiger partial charge in [0.2, 0.25) is 0 Å². The predicted octanol–water partition coefficient (Wildman–Crippen LogP) is 3.91. The molecule has 0 bridgehead atoms. The number of hydrogen-bond donors (Lipinski definition) is 1. The second kappa shape index (κ2) is 3.82. The number of nitriles is 1. The van der Waals surface area contributed by atoms with Gasteiger partial charge in [-0.15, -0.1) is 24.0 Å². The molecule has 0 spiro atoms. The van der Waals surface area contributed by atoms with Gasteiger partial charge in [-0.3, -0.25) is 0 Å². The summed E-state index contributed by atoms with van der Waals surface area (Å²) in [5.41, 5.74) is 0.826. The zero-order chi connectivity index (χ0) is 10.1. The van der Waals surface area contributed by atoms with Crippen molar-refractivity contribution in [1.29, 1.82) is 5.26 Å². The lowest BCUT2D eigenvalue weighted by Gasteiger charge is -2.04. The maximum atomic E-state index is 8.65. The molecule has 70 valence electrons. The van der Waals surface area contributed by atoms with Crippen molar-refractivity contribution in [2.75, 3.05) is 0 Å². The van der Waals surface area contributed by atoms with E-state index >= 15 is 0 Å². The third kappa shape index (κ3) is 1.50. The lowest BCUT2D eigenvalue weighted by atomic mass is 10.1. The van der Waals surface area contributed by atoms with Gasteiger partial charge in [0.05, 0.1) is 22.2 Å². The lowest BCUT2D eigenvalue weighted by molar-refractivity contribution is 1.20. The molecule has 0 saturated heterocycles. The molecule has 0 unspecified atom stereocenters. The molecule has 1 heterocycles. The summed E-state index contributed by atoms with van der Waals surface area (Å²) >= 11 is 12.1. The van der Waals surface area contributed by atoms with Crippen LogP contribution in [0.5, 0.6) is 0 Å². The fourth-order valence-corrected chi connectivity index (χ4v) is 2.99. The van der Waals surface area contributed by atoms with Crippen LogP contribution in [-0.4, -0.2) is 0 Å². The van der Waals surface area contributed by atoms with Gasteiger partial charge < -0.3 is 0 Å². The quantitative estimate of drug-likeness (QED) is 0.750. The highest BCUT2D eigenvalue weighted by atomic mass is 35.5. The molecular formula is C10H6ClNS2. The summed E-state index contributed by atoms with van der Waals surface area (Å²) in [6.45, 7) is 0. The average Bonchev–Trinajstić information content (AvgIpc) is 2.60. The van der Waals surface area contributed by atoms with Crippen LogP contribution in [0, 0.1) is 11.3 Å². The third-order valence-corrected chi connectivity index (χ3v) is 3.89. The van der Waals surface area contributed by atoms with Crippen LogP contribution in [0.2, 0.25) is 5.02 Å². The normalized spacial score (nSPS) is 10.4. The van der Waals surface area contributed by atoms with Crippen LogP contribution >= 0.6 is 35.6 Å². The van der Waals surface area contributed by atoms with Gasteiger partial charge in [-0.1, -0.05) is 11.6 Å². The summed E-state index contributed by atoms with van der Waals surface area (Å²) in [5.74, 6) is 0. The van der Waals surface area contributed by atoms with E-state index in [2.05, 4.69) is 18.7 Å². The summed E-state index contributed by atoms with van der Waals surface area (Å²) in [4.78, 5) is 0.794. The smallest absolute Gasteiger partial charge is 0.0670 e. The zero-order valence-electron chi connectivity index (χ0n) is 7.12. The van der Waals surface area contributed by atoms with Crippen LogP contribution in [0.4, 0.5) is 0 Å². The molecule has 0 aliphatic rings. The Kier molecular flexibility index (Phi) is 2.69. The molecule has 0 saturated carbocycles. The van der Waals surface area contributed by atoms with Gasteiger partial charge in [0, 0.05) is 4.90 Å². The SMILES string of the molecule is N#CCc1c(S)cc2ccsc2c1Cl. The lowest BCUT2D eigenvalue weighted by Crippen LogP contribution is -1.86. The Labute approximate surface area is 96.3 Å². The van der Waals surface area contributed by atoms with Gasteiger partial charge in [0.15, 0.2) is 0 Å². The van der Waals surface area contributed by atoms with E-state index in [0.717, 1.165) is 20.5 Å². The Hall–Kier alpha value is -0.690. The number of halogens is 1. The molecule has 1 aromatic carbocycles. The highest BCUT2D eigenvalue weighted by Crippen LogP contribution is 2.35. The Morgan fingerprint density at radius 3 is 3.07 bits per heavy atom. The minimum atomic E-state index is 0.311. The van der Waals surface area contributed by atoms with Crippen molar-refractivity contribution in [1.82, 2.24) is 0 Å². The molecule has 0 N–H and O–H groups in total. The van der Waals surface area contributed by atoms with E-state index in [1.165, 1.54) is 0 Å². The number of fused-ring (bicyclic) bond motifs is 1. The first-order valence-corrected chi connectivity index (χ1v) is 5.69. The number of thiophene rings is 1. The first-order valence-electron chi connectivity index (χ1n) is 3.98. The molecule has 1 aromatic heterocycles. The van der Waals surface area contributed by atoms with Crippen molar-refractivity contribution in [2.24, 2.45) is 0 Å². The number of nitrogens with zero attached hydrogens (tertiary/aromatic N) is 1. The molecule has 4 heteroatoms. The van der Waals surface area contributed by atoms with Crippen LogP contribution in [0.25, 0.3) is 10.1 Å². The molecule has 0 aliphatic heterocycles. The van der Waals surface area contributed by atoms with Crippen molar-refractivity contribution in [2.45, 2.75) is 11.3 Å². The monoisotopic (exact) mass is 239 g/mol. The van der Waals surface area contributed by atoms with E-state index in [1.54, 1.807) is 11.3 Å². The van der Waals surface area contributed by atoms with Gasteiger partial charge in [0.1, 0.15) is 0 Å². The van der Waals surface area contributed by atoms with Crippen molar-refractivity contribution >= 4 is 45.7 Å². The Morgan fingerprint density at radius 1 is 1.57 bits per heavy atom. The first-order chi connectivity index (χ1) is 6.74. The fourth-order valence-electron chi connectivity index (χ4n) is 1.34. The molecule has 14 heavy (non-hydrogen) atoms. The number of thiol groups is 1. The van der Waals surface area contributed by atoms with Crippen molar-refractivity contribution in [3.63, 3.8) is 0 Å². The second-order valence-electron chi connectivity index (χ2n) is 2.86. The fraction of sp³-hybridized carbons (Fsp3) is 0.100. The average molecular weight is 240 g/mol. The molecule has 0 aliphatic carbocycles. The molecule has 2 rings (SSSR count). The largest absolute Gasteiger partial charge is 0.198 e. The van der Waals surface area contributed by atoms with Crippen LogP contribution in [0.15, 0.2) is 22.4 Å². The van der Waals surface area contributed by atoms with Gasteiger partial charge in [0.25, 0.3) is 0 Å². The van der Waals surface area contributed by atoms with Gasteiger partial charge in [-0.05, 0) is 28.5 Å². The molecule has 0 atom stereocenters. The summed E-state index contributed by atoms with van der Waals surface area (Å²) in [5, 5.41) is 12.4. The topological polar surface area (TPSA) is 23.8 Å². The summed E-state index contributed by atoms with van der Waals surface area (Å²) in [6.07, 6.45) is 0.311. The minimum absolute atomic E-state index is 0.311. The number of hydrogen-bond acceptors (Lipinski definition) is 3. The van der Waals surface area contributed by atoms with E-state index in [9.17, 15) is 0 Å². The van der Waals surface area contributed by atoms with Gasteiger partial charge in [-0.2, -0.15) is 5.26 Å². The van der Waals surface area contributed by atoms with Gasteiger partial charge >= 0.3 is 0 Å². The van der Waals surface area contributed by atoms with Crippen LogP contribution in [0.3, 0.4) is 0 Å². The predicted molar refractivity (Wildman–Crippen MR) is 63.4 cm³/mol. The Bertz CT molecular complexity index is 525. The number of benzene rings is 1. The van der Waals surface area contributed by atoms with E-state index < -0.39 is 0 Å². The van der Waals surface area contributed by atoms with E-state index in [4.69, 9.17) is 16.9 Å². The van der Waals surface area contributed by atoms with Crippen molar-refractivity contribution < 1.29 is 0 Å². The molecule has 1 nitrogen and oxygen atoms in total. The van der Waals surface area contributed by atoms with E-state index in [1.807, 2.05) is 17.5 Å². The van der Waals surface area contributed by atoms with E-state index in [0.29, 0.717) is 11.4 Å². The van der Waals surface area contributed by atoms with Crippen molar-refractivity contribution in [3.05, 3.63) is 28.1 Å². The Balaban J connectivity index is 2.77. The molecule has 0 amide bonds. The summed E-state index contributed by atoms with van der Waals surface area (Å²) in [7, 11) is 0. The van der Waals surface area contributed by atoms with Gasteiger partial charge in [-0.25, -0.2) is 0 Å². The minimum Gasteiger partial charge on any atom is -0.198 e. The first kappa shape index (κ1) is 9.85. The van der Waals surface area contributed by atoms with Crippen LogP contribution in [0.1, 0.15) is 5.56 Å². The highest BCUT2D eigenvalue weighted by molar-refractivity contribution is 7.80. The Morgan fingerprint density at radius 2 is 2.36 bits per heavy atom. The van der Waals surface area contributed by atoms with Crippen LogP contribution < -0.4 is 0 Å². The number of rotatable bonds is 1. The summed E-state index contributed by atoms with van der Waals surface area (Å²) < 4.78 is 1.04. The standard InChI is InChI=1S/C10H6ClNS2/c11-9-7(1-3-12)8(13)5-6-2-4-14-10(6)9/h2,4-5,13H,1H2. The maximum Gasteiger partial charge on any atom is 0.0670 e. The van der Waals surface area contributed by atoms with E-state index in [-0.39, 0.29) is 0 Å². The molecule has 0 fully saturated rings. The van der Waals surface area contributed by atoms with Crippen LogP contribution in [-0.2, 0) is 6.42 Å². The zero-order valence-corrected chi connectivity index (χ0v) is 9.59.